The number of anilines is 2. The van der Waals surface area contributed by atoms with Gasteiger partial charge in [0.2, 0.25) is 5.91 Å². The standard InChI is InChI=1S/C32H38F3N5OS/c1-42-29-10-8-27(9-11-29)37-31(41)12-7-25-23-38(22-24-4-3-14-36-21-24)15-13-30(25)40-18-16-39(17-19-40)28-6-2-5-26(20-28)32(33,34)35/h2-6,8-11,14,20-21,25,30H,7,12-13,15-19,22-23H2,1H3,(H,37,41)/t25-,30+/m0/s1. The number of piperidine rings is 1. The fourth-order valence-corrected chi connectivity index (χ4v) is 6.57. The van der Waals surface area contributed by atoms with Crippen molar-refractivity contribution in [2.45, 2.75) is 42.9 Å². The SMILES string of the molecule is CSc1ccc(NC(=O)CC[C@H]2CN(Cc3cccnc3)CC[C@H]2N2CCN(c3cccc(C(F)(F)F)c3)CC2)cc1. The summed E-state index contributed by atoms with van der Waals surface area (Å²) >= 11 is 1.67. The number of thioether (sulfide) groups is 1. The minimum absolute atomic E-state index is 0.0180. The van der Waals surface area contributed by atoms with Crippen molar-refractivity contribution in [1.29, 1.82) is 0 Å². The molecule has 224 valence electrons. The summed E-state index contributed by atoms with van der Waals surface area (Å²) in [6.45, 7) is 5.60. The van der Waals surface area contributed by atoms with E-state index in [4.69, 9.17) is 0 Å². The number of amides is 1. The van der Waals surface area contributed by atoms with Crippen LogP contribution in [0.4, 0.5) is 24.5 Å². The Labute approximate surface area is 250 Å². The predicted molar refractivity (Wildman–Crippen MR) is 163 cm³/mol. The molecule has 2 atom stereocenters. The number of carbonyl (C=O) groups is 1. The maximum Gasteiger partial charge on any atom is 0.416 e. The van der Waals surface area contributed by atoms with Gasteiger partial charge in [-0.25, -0.2) is 0 Å². The van der Waals surface area contributed by atoms with Crippen molar-refractivity contribution in [2.75, 3.05) is 55.7 Å². The van der Waals surface area contributed by atoms with Crippen molar-refractivity contribution in [2.24, 2.45) is 5.92 Å². The predicted octanol–water partition coefficient (Wildman–Crippen LogP) is 6.25. The molecule has 2 aliphatic rings. The molecule has 0 unspecified atom stereocenters. The van der Waals surface area contributed by atoms with Gasteiger partial charge in [-0.2, -0.15) is 13.2 Å². The van der Waals surface area contributed by atoms with Gasteiger partial charge in [0.15, 0.2) is 0 Å². The Kier molecular flexibility index (Phi) is 10.1. The zero-order valence-electron chi connectivity index (χ0n) is 23.9. The molecule has 0 bridgehead atoms. The monoisotopic (exact) mass is 597 g/mol. The molecule has 1 N–H and O–H groups in total. The van der Waals surface area contributed by atoms with Crippen LogP contribution in [0.3, 0.4) is 0 Å². The molecule has 0 spiro atoms. The molecule has 42 heavy (non-hydrogen) atoms. The van der Waals surface area contributed by atoms with E-state index < -0.39 is 11.7 Å². The Hall–Kier alpha value is -3.08. The van der Waals surface area contributed by atoms with Gasteiger partial charge in [0.25, 0.3) is 0 Å². The van der Waals surface area contributed by atoms with E-state index in [1.807, 2.05) is 47.7 Å². The Morgan fingerprint density at radius 2 is 1.81 bits per heavy atom. The molecule has 2 fully saturated rings. The second-order valence-corrected chi connectivity index (χ2v) is 12.0. The van der Waals surface area contributed by atoms with Gasteiger partial charge in [-0.3, -0.25) is 19.6 Å². The van der Waals surface area contributed by atoms with Gasteiger partial charge < -0.3 is 10.2 Å². The molecule has 1 amide bonds. The second-order valence-electron chi connectivity index (χ2n) is 11.1. The maximum absolute atomic E-state index is 13.3. The van der Waals surface area contributed by atoms with E-state index in [-0.39, 0.29) is 5.91 Å². The van der Waals surface area contributed by atoms with Crippen molar-refractivity contribution in [3.05, 3.63) is 84.2 Å². The van der Waals surface area contributed by atoms with E-state index in [1.54, 1.807) is 24.0 Å². The van der Waals surface area contributed by atoms with Gasteiger partial charge in [0, 0.05) is 80.4 Å². The molecule has 6 nitrogen and oxygen atoms in total. The number of hydrogen-bond donors (Lipinski definition) is 1. The van der Waals surface area contributed by atoms with E-state index in [0.717, 1.165) is 62.2 Å². The summed E-state index contributed by atoms with van der Waals surface area (Å²) < 4.78 is 39.8. The van der Waals surface area contributed by atoms with Crippen LogP contribution in [0.2, 0.25) is 0 Å². The normalized spacial score (nSPS) is 20.4. The minimum atomic E-state index is -4.35. The third-order valence-electron chi connectivity index (χ3n) is 8.34. The average molecular weight is 598 g/mol. The van der Waals surface area contributed by atoms with Crippen LogP contribution >= 0.6 is 11.8 Å². The Morgan fingerprint density at radius 1 is 1.02 bits per heavy atom. The third kappa shape index (κ3) is 8.05. The largest absolute Gasteiger partial charge is 0.416 e. The van der Waals surface area contributed by atoms with Gasteiger partial charge in [-0.05, 0) is 85.7 Å². The summed E-state index contributed by atoms with van der Waals surface area (Å²) in [6.07, 6.45) is 3.57. The number of rotatable bonds is 9. The maximum atomic E-state index is 13.3. The highest BCUT2D eigenvalue weighted by molar-refractivity contribution is 7.98. The van der Waals surface area contributed by atoms with Crippen molar-refractivity contribution >= 4 is 29.0 Å². The Bertz CT molecular complexity index is 1300. The first-order chi connectivity index (χ1) is 20.3. The summed E-state index contributed by atoms with van der Waals surface area (Å²) in [4.78, 5) is 25.3. The van der Waals surface area contributed by atoms with Crippen LogP contribution < -0.4 is 10.2 Å². The number of piperazine rings is 1. The van der Waals surface area contributed by atoms with E-state index in [9.17, 15) is 18.0 Å². The quantitative estimate of drug-likeness (QED) is 0.294. The summed E-state index contributed by atoms with van der Waals surface area (Å²) in [5, 5.41) is 3.05. The molecule has 1 aromatic heterocycles. The van der Waals surface area contributed by atoms with Crippen LogP contribution in [-0.4, -0.2) is 72.3 Å². The van der Waals surface area contributed by atoms with Crippen molar-refractivity contribution in [3.8, 4) is 0 Å². The lowest BCUT2D eigenvalue weighted by atomic mass is 9.86. The van der Waals surface area contributed by atoms with E-state index in [0.29, 0.717) is 37.2 Å². The first kappa shape index (κ1) is 30.4. The van der Waals surface area contributed by atoms with Crippen LogP contribution in [0.15, 0.2) is 78.0 Å². The highest BCUT2D eigenvalue weighted by atomic mass is 32.2. The third-order valence-corrected chi connectivity index (χ3v) is 9.09. The molecule has 3 heterocycles. The lowest BCUT2D eigenvalue weighted by Crippen LogP contribution is -2.56. The molecule has 0 aliphatic carbocycles. The molecule has 2 aromatic carbocycles. The Balaban J connectivity index is 1.22. The number of nitrogens with one attached hydrogen (secondary N) is 1. The molecule has 10 heteroatoms. The van der Waals surface area contributed by atoms with Gasteiger partial charge in [0.1, 0.15) is 0 Å². The fraction of sp³-hybridized carbons (Fsp3) is 0.438. The molecular formula is C32H38F3N5OS. The molecule has 2 aliphatic heterocycles. The lowest BCUT2D eigenvalue weighted by Gasteiger charge is -2.47. The van der Waals surface area contributed by atoms with Gasteiger partial charge in [0.05, 0.1) is 5.56 Å². The van der Waals surface area contributed by atoms with Gasteiger partial charge in [-0.15, -0.1) is 11.8 Å². The van der Waals surface area contributed by atoms with E-state index >= 15 is 0 Å². The van der Waals surface area contributed by atoms with Crippen LogP contribution in [0.25, 0.3) is 0 Å². The van der Waals surface area contributed by atoms with E-state index in [1.165, 1.54) is 17.7 Å². The number of carbonyl (C=O) groups excluding carboxylic acids is 1. The van der Waals surface area contributed by atoms with E-state index in [2.05, 4.69) is 26.2 Å². The van der Waals surface area contributed by atoms with Crippen molar-refractivity contribution in [3.63, 3.8) is 0 Å². The number of halogens is 3. The highest BCUT2D eigenvalue weighted by Crippen LogP contribution is 2.33. The Morgan fingerprint density at radius 3 is 2.50 bits per heavy atom. The first-order valence-corrected chi connectivity index (χ1v) is 15.7. The summed E-state index contributed by atoms with van der Waals surface area (Å²) in [6, 6.07) is 17.9. The fourth-order valence-electron chi connectivity index (χ4n) is 6.16. The topological polar surface area (TPSA) is 51.7 Å². The van der Waals surface area contributed by atoms with Crippen molar-refractivity contribution in [1.82, 2.24) is 14.8 Å². The zero-order chi connectivity index (χ0) is 29.5. The van der Waals surface area contributed by atoms with Crippen LogP contribution in [0, 0.1) is 5.92 Å². The average Bonchev–Trinajstić information content (AvgIpc) is 3.01. The summed E-state index contributed by atoms with van der Waals surface area (Å²) in [5.41, 5.74) is 1.99. The minimum Gasteiger partial charge on any atom is -0.369 e. The number of alkyl halides is 3. The van der Waals surface area contributed by atoms with Crippen LogP contribution in [0.5, 0.6) is 0 Å². The number of aromatic nitrogens is 1. The first-order valence-electron chi connectivity index (χ1n) is 14.5. The number of benzene rings is 2. The molecular weight excluding hydrogens is 559 g/mol. The second kappa shape index (κ2) is 13.9. The zero-order valence-corrected chi connectivity index (χ0v) is 24.7. The summed E-state index contributed by atoms with van der Waals surface area (Å²) in [5.74, 6) is 0.324. The molecule has 2 saturated heterocycles. The number of likely N-dealkylation sites (tertiary alicyclic amines) is 1. The molecule has 0 saturated carbocycles. The lowest BCUT2D eigenvalue weighted by molar-refractivity contribution is -0.137. The van der Waals surface area contributed by atoms with Crippen LogP contribution in [-0.2, 0) is 17.5 Å². The molecule has 0 radical (unpaired) electrons. The number of hydrogen-bond acceptors (Lipinski definition) is 6. The molecule has 5 rings (SSSR count). The van der Waals surface area contributed by atoms with Crippen molar-refractivity contribution < 1.29 is 18.0 Å². The van der Waals surface area contributed by atoms with Gasteiger partial charge >= 0.3 is 6.18 Å². The summed E-state index contributed by atoms with van der Waals surface area (Å²) in [7, 11) is 0. The van der Waals surface area contributed by atoms with Crippen LogP contribution in [0.1, 0.15) is 30.4 Å². The number of pyridine rings is 1. The number of nitrogens with zero attached hydrogens (tertiary/aromatic N) is 4. The highest BCUT2D eigenvalue weighted by Gasteiger charge is 2.35. The van der Waals surface area contributed by atoms with Gasteiger partial charge in [-0.1, -0.05) is 12.1 Å². The smallest absolute Gasteiger partial charge is 0.369 e. The molecule has 3 aromatic rings.